The highest BCUT2D eigenvalue weighted by atomic mass is 35.5. The van der Waals surface area contributed by atoms with E-state index in [1.165, 1.54) is 12.1 Å². The molecule has 1 rings (SSSR count). The first-order valence-corrected chi connectivity index (χ1v) is 4.60. The van der Waals surface area contributed by atoms with E-state index in [2.05, 4.69) is 0 Å². The second-order valence-electron chi connectivity index (χ2n) is 3.44. The zero-order valence-corrected chi connectivity index (χ0v) is 8.48. The van der Waals surface area contributed by atoms with Crippen LogP contribution in [0.3, 0.4) is 0 Å². The lowest BCUT2D eigenvalue weighted by Crippen LogP contribution is -2.17. The van der Waals surface area contributed by atoms with E-state index < -0.39 is 0 Å². The molecule has 0 aliphatic heterocycles. The SMILES string of the molecule is CC(C)C(N)c1ccc(F)cc1Cl. The zero-order chi connectivity index (χ0) is 10.0. The maximum atomic E-state index is 12.7. The second kappa shape index (κ2) is 4.07. The number of benzene rings is 1. The van der Waals surface area contributed by atoms with Crippen LogP contribution in [0.15, 0.2) is 18.2 Å². The largest absolute Gasteiger partial charge is 0.324 e. The summed E-state index contributed by atoms with van der Waals surface area (Å²) in [6, 6.07) is 4.18. The maximum absolute atomic E-state index is 12.7. The van der Waals surface area contributed by atoms with Crippen molar-refractivity contribution in [1.82, 2.24) is 0 Å². The molecule has 1 unspecified atom stereocenters. The predicted octanol–water partition coefficient (Wildman–Crippen LogP) is 3.13. The maximum Gasteiger partial charge on any atom is 0.124 e. The first kappa shape index (κ1) is 10.5. The van der Waals surface area contributed by atoms with Gasteiger partial charge in [-0.25, -0.2) is 4.39 Å². The van der Waals surface area contributed by atoms with Crippen LogP contribution >= 0.6 is 11.6 Å². The van der Waals surface area contributed by atoms with Gasteiger partial charge >= 0.3 is 0 Å². The molecule has 0 saturated heterocycles. The summed E-state index contributed by atoms with van der Waals surface area (Å²) in [5.74, 6) is -0.0346. The second-order valence-corrected chi connectivity index (χ2v) is 3.84. The lowest BCUT2D eigenvalue weighted by Gasteiger charge is -2.17. The van der Waals surface area contributed by atoms with Crippen LogP contribution < -0.4 is 5.73 Å². The van der Waals surface area contributed by atoms with Crippen LogP contribution in [-0.2, 0) is 0 Å². The number of hydrogen-bond acceptors (Lipinski definition) is 1. The van der Waals surface area contributed by atoms with Crippen LogP contribution in [0.1, 0.15) is 25.5 Å². The lowest BCUT2D eigenvalue weighted by atomic mass is 9.97. The van der Waals surface area contributed by atoms with Gasteiger partial charge in [-0.2, -0.15) is 0 Å². The topological polar surface area (TPSA) is 26.0 Å². The van der Waals surface area contributed by atoms with Gasteiger partial charge < -0.3 is 5.73 Å². The predicted molar refractivity (Wildman–Crippen MR) is 53.2 cm³/mol. The molecule has 0 aromatic heterocycles. The molecule has 13 heavy (non-hydrogen) atoms. The first-order valence-electron chi connectivity index (χ1n) is 4.23. The molecule has 0 fully saturated rings. The van der Waals surface area contributed by atoms with Crippen LogP contribution in [0, 0.1) is 11.7 Å². The molecule has 1 nitrogen and oxygen atoms in total. The van der Waals surface area contributed by atoms with Crippen LogP contribution in [0.4, 0.5) is 4.39 Å². The van der Waals surface area contributed by atoms with E-state index >= 15 is 0 Å². The Hall–Kier alpha value is -0.600. The number of rotatable bonds is 2. The Morgan fingerprint density at radius 1 is 1.38 bits per heavy atom. The normalized spacial score (nSPS) is 13.4. The molecule has 3 heteroatoms. The highest BCUT2D eigenvalue weighted by molar-refractivity contribution is 6.31. The molecular formula is C10H13ClFN. The summed E-state index contributed by atoms with van der Waals surface area (Å²) in [4.78, 5) is 0. The lowest BCUT2D eigenvalue weighted by molar-refractivity contribution is 0.513. The Balaban J connectivity index is 3.01. The smallest absolute Gasteiger partial charge is 0.124 e. The van der Waals surface area contributed by atoms with Gasteiger partial charge in [0.1, 0.15) is 5.82 Å². The summed E-state index contributed by atoms with van der Waals surface area (Å²) < 4.78 is 12.7. The van der Waals surface area contributed by atoms with Crippen LogP contribution in [0.25, 0.3) is 0 Å². The van der Waals surface area contributed by atoms with Crippen LogP contribution in [0.5, 0.6) is 0 Å². The van der Waals surface area contributed by atoms with Gasteiger partial charge in [0.15, 0.2) is 0 Å². The van der Waals surface area contributed by atoms with E-state index in [0.29, 0.717) is 10.9 Å². The molecule has 72 valence electrons. The third-order valence-electron chi connectivity index (χ3n) is 2.04. The van der Waals surface area contributed by atoms with Gasteiger partial charge in [0.25, 0.3) is 0 Å². The quantitative estimate of drug-likeness (QED) is 0.782. The summed E-state index contributed by atoms with van der Waals surface area (Å²) in [6.07, 6.45) is 0. The van der Waals surface area contributed by atoms with Crippen molar-refractivity contribution >= 4 is 11.6 Å². The number of halogens is 2. The van der Waals surface area contributed by atoms with Gasteiger partial charge in [0.2, 0.25) is 0 Å². The molecule has 1 aromatic rings. The van der Waals surface area contributed by atoms with E-state index in [-0.39, 0.29) is 11.9 Å². The molecule has 1 atom stereocenters. The van der Waals surface area contributed by atoms with Gasteiger partial charge in [-0.05, 0) is 23.6 Å². The van der Waals surface area contributed by atoms with E-state index in [4.69, 9.17) is 17.3 Å². The van der Waals surface area contributed by atoms with Gasteiger partial charge in [-0.15, -0.1) is 0 Å². The Labute approximate surface area is 82.7 Å². The fourth-order valence-corrected chi connectivity index (χ4v) is 1.42. The summed E-state index contributed by atoms with van der Waals surface area (Å²) in [6.45, 7) is 4.01. The molecule has 0 amide bonds. The molecule has 2 N–H and O–H groups in total. The van der Waals surface area contributed by atoms with Crippen molar-refractivity contribution < 1.29 is 4.39 Å². The van der Waals surface area contributed by atoms with Gasteiger partial charge in [-0.1, -0.05) is 31.5 Å². The van der Waals surface area contributed by atoms with Crippen molar-refractivity contribution in [2.75, 3.05) is 0 Å². The van der Waals surface area contributed by atoms with E-state index in [0.717, 1.165) is 5.56 Å². The van der Waals surface area contributed by atoms with Crippen molar-refractivity contribution in [3.05, 3.63) is 34.6 Å². The summed E-state index contributed by atoms with van der Waals surface area (Å²) >= 11 is 5.85. The van der Waals surface area contributed by atoms with Crippen molar-refractivity contribution in [3.63, 3.8) is 0 Å². The molecule has 0 radical (unpaired) electrons. The zero-order valence-electron chi connectivity index (χ0n) is 7.72. The highest BCUT2D eigenvalue weighted by Crippen LogP contribution is 2.26. The Kier molecular flexibility index (Phi) is 3.28. The number of hydrogen-bond donors (Lipinski definition) is 1. The molecule has 0 aliphatic carbocycles. The summed E-state index contributed by atoms with van der Waals surface area (Å²) in [5, 5.41) is 0.404. The minimum Gasteiger partial charge on any atom is -0.324 e. The molecule has 0 saturated carbocycles. The van der Waals surface area contributed by atoms with Gasteiger partial charge in [0, 0.05) is 11.1 Å². The fraction of sp³-hybridized carbons (Fsp3) is 0.400. The Morgan fingerprint density at radius 3 is 2.46 bits per heavy atom. The third-order valence-corrected chi connectivity index (χ3v) is 2.37. The van der Waals surface area contributed by atoms with Crippen LogP contribution in [-0.4, -0.2) is 0 Å². The monoisotopic (exact) mass is 201 g/mol. The summed E-state index contributed by atoms with van der Waals surface area (Å²) in [7, 11) is 0. The number of nitrogens with two attached hydrogens (primary N) is 1. The average Bonchev–Trinajstić information content (AvgIpc) is 2.03. The Morgan fingerprint density at radius 2 is 2.00 bits per heavy atom. The molecule has 0 aliphatic rings. The van der Waals surface area contributed by atoms with Gasteiger partial charge in [0.05, 0.1) is 0 Å². The fourth-order valence-electron chi connectivity index (χ4n) is 1.13. The molecule has 0 spiro atoms. The molecule has 1 aromatic carbocycles. The summed E-state index contributed by atoms with van der Waals surface area (Å²) in [5.41, 5.74) is 6.69. The van der Waals surface area contributed by atoms with Crippen molar-refractivity contribution in [3.8, 4) is 0 Å². The minimum atomic E-state index is -0.329. The highest BCUT2D eigenvalue weighted by Gasteiger charge is 2.13. The Bertz CT molecular complexity index is 299. The molecule has 0 bridgehead atoms. The first-order chi connectivity index (χ1) is 6.02. The van der Waals surface area contributed by atoms with Crippen molar-refractivity contribution in [2.45, 2.75) is 19.9 Å². The van der Waals surface area contributed by atoms with Gasteiger partial charge in [-0.3, -0.25) is 0 Å². The van der Waals surface area contributed by atoms with Crippen molar-refractivity contribution in [2.24, 2.45) is 11.7 Å². The minimum absolute atomic E-state index is 0.131. The third kappa shape index (κ3) is 2.42. The molecule has 0 heterocycles. The standard InChI is InChI=1S/C10H13ClFN/c1-6(2)10(13)8-4-3-7(12)5-9(8)11/h3-6,10H,13H2,1-2H3. The average molecular weight is 202 g/mol. The van der Waals surface area contributed by atoms with Crippen LogP contribution in [0.2, 0.25) is 5.02 Å². The van der Waals surface area contributed by atoms with Crippen molar-refractivity contribution in [1.29, 1.82) is 0 Å². The van der Waals surface area contributed by atoms with E-state index in [1.54, 1.807) is 6.07 Å². The van der Waals surface area contributed by atoms with E-state index in [1.807, 2.05) is 13.8 Å². The van der Waals surface area contributed by atoms with E-state index in [9.17, 15) is 4.39 Å². The molecular weight excluding hydrogens is 189 g/mol.